The summed E-state index contributed by atoms with van der Waals surface area (Å²) < 4.78 is 10.7. The molecule has 5 unspecified atom stereocenters. The van der Waals surface area contributed by atoms with Gasteiger partial charge in [0.05, 0.1) is 6.61 Å². The van der Waals surface area contributed by atoms with E-state index in [4.69, 9.17) is 14.6 Å². The van der Waals surface area contributed by atoms with E-state index < -0.39 is 37.3 Å². The van der Waals surface area contributed by atoms with Crippen LogP contribution in [0.1, 0.15) is 5.56 Å². The van der Waals surface area contributed by atoms with Gasteiger partial charge in [-0.1, -0.05) is 12.1 Å². The number of thiol groups is 1. The van der Waals surface area contributed by atoms with Crippen molar-refractivity contribution in [1.82, 2.24) is 0 Å². The Hall–Kier alpha value is -0.830. The molecule has 1 saturated heterocycles. The summed E-state index contributed by atoms with van der Waals surface area (Å²) in [5.41, 5.74) is 1.01. The quantitative estimate of drug-likeness (QED) is 0.472. The smallest absolute Gasteiger partial charge is 0.229 e. The molecule has 1 aliphatic heterocycles. The first-order valence-electron chi connectivity index (χ1n) is 6.23. The van der Waals surface area contributed by atoms with E-state index >= 15 is 0 Å². The third-order valence-corrected chi connectivity index (χ3v) is 3.57. The predicted molar refractivity (Wildman–Crippen MR) is 73.5 cm³/mol. The molecular weight excluding hydrogens is 284 g/mol. The van der Waals surface area contributed by atoms with E-state index in [2.05, 4.69) is 12.6 Å². The second kappa shape index (κ2) is 6.75. The fraction of sp³-hybridized carbons (Fsp3) is 0.538. The van der Waals surface area contributed by atoms with E-state index in [0.29, 0.717) is 11.5 Å². The molecule has 0 bridgehead atoms. The number of aliphatic hydroxyl groups is 4. The van der Waals surface area contributed by atoms with Crippen LogP contribution in [0.5, 0.6) is 5.75 Å². The summed E-state index contributed by atoms with van der Waals surface area (Å²) in [6, 6.07) is 7.00. The molecule has 2 rings (SSSR count). The Kier molecular flexibility index (Phi) is 5.25. The molecule has 6 nitrogen and oxygen atoms in total. The molecule has 20 heavy (non-hydrogen) atoms. The van der Waals surface area contributed by atoms with Gasteiger partial charge in [0.2, 0.25) is 6.29 Å². The Labute approximate surface area is 122 Å². The highest BCUT2D eigenvalue weighted by Gasteiger charge is 2.44. The molecule has 0 aromatic heterocycles. The van der Waals surface area contributed by atoms with Crippen LogP contribution in [-0.4, -0.2) is 57.7 Å². The average Bonchev–Trinajstić information content (AvgIpc) is 2.48. The largest absolute Gasteiger partial charge is 0.462 e. The van der Waals surface area contributed by atoms with Crippen molar-refractivity contribution < 1.29 is 29.9 Å². The van der Waals surface area contributed by atoms with Gasteiger partial charge in [-0.2, -0.15) is 12.6 Å². The Bertz CT molecular complexity index is 423. The van der Waals surface area contributed by atoms with Crippen LogP contribution < -0.4 is 4.74 Å². The lowest BCUT2D eigenvalue weighted by Gasteiger charge is -2.39. The molecule has 0 amide bonds. The lowest BCUT2D eigenvalue weighted by atomic mass is 9.99. The van der Waals surface area contributed by atoms with Crippen molar-refractivity contribution in [3.63, 3.8) is 0 Å². The summed E-state index contributed by atoms with van der Waals surface area (Å²) in [4.78, 5) is 0. The molecule has 1 aromatic rings. The zero-order chi connectivity index (χ0) is 14.7. The van der Waals surface area contributed by atoms with Gasteiger partial charge in [-0.3, -0.25) is 0 Å². The van der Waals surface area contributed by atoms with E-state index in [9.17, 15) is 15.3 Å². The van der Waals surface area contributed by atoms with Crippen molar-refractivity contribution in [3.05, 3.63) is 29.8 Å². The number of aliphatic hydroxyl groups excluding tert-OH is 4. The van der Waals surface area contributed by atoms with Crippen molar-refractivity contribution in [1.29, 1.82) is 0 Å². The Morgan fingerprint density at radius 2 is 1.70 bits per heavy atom. The molecule has 112 valence electrons. The van der Waals surface area contributed by atoms with Crippen LogP contribution >= 0.6 is 12.6 Å². The van der Waals surface area contributed by atoms with Gasteiger partial charge in [0, 0.05) is 5.75 Å². The molecule has 4 N–H and O–H groups in total. The highest BCUT2D eigenvalue weighted by atomic mass is 32.1. The molecular formula is C13H18O6S. The zero-order valence-electron chi connectivity index (χ0n) is 10.7. The van der Waals surface area contributed by atoms with Crippen molar-refractivity contribution in [2.24, 2.45) is 0 Å². The van der Waals surface area contributed by atoms with Crippen LogP contribution in [0.4, 0.5) is 0 Å². The normalized spacial score (nSPS) is 34.0. The van der Waals surface area contributed by atoms with Crippen LogP contribution in [0.3, 0.4) is 0 Å². The van der Waals surface area contributed by atoms with Crippen LogP contribution in [-0.2, 0) is 10.5 Å². The monoisotopic (exact) mass is 302 g/mol. The van der Waals surface area contributed by atoms with Crippen molar-refractivity contribution in [2.45, 2.75) is 36.5 Å². The van der Waals surface area contributed by atoms with Gasteiger partial charge in [0.15, 0.2) is 0 Å². The first-order chi connectivity index (χ1) is 9.56. The molecule has 0 radical (unpaired) electrons. The summed E-state index contributed by atoms with van der Waals surface area (Å²) in [5.74, 6) is 1.04. The lowest BCUT2D eigenvalue weighted by Crippen LogP contribution is -2.60. The van der Waals surface area contributed by atoms with E-state index in [-0.39, 0.29) is 0 Å². The third-order valence-electron chi connectivity index (χ3n) is 3.21. The fourth-order valence-corrected chi connectivity index (χ4v) is 2.18. The van der Waals surface area contributed by atoms with Crippen molar-refractivity contribution in [3.8, 4) is 5.75 Å². The first-order valence-corrected chi connectivity index (χ1v) is 6.87. The molecule has 7 heteroatoms. The van der Waals surface area contributed by atoms with E-state index in [1.807, 2.05) is 12.1 Å². The molecule has 1 aliphatic rings. The maximum absolute atomic E-state index is 9.83. The maximum atomic E-state index is 9.83. The Morgan fingerprint density at radius 1 is 1.05 bits per heavy atom. The molecule has 0 saturated carbocycles. The number of hydrogen-bond donors (Lipinski definition) is 5. The van der Waals surface area contributed by atoms with Crippen LogP contribution in [0.15, 0.2) is 24.3 Å². The van der Waals surface area contributed by atoms with E-state index in [1.165, 1.54) is 0 Å². The second-order valence-corrected chi connectivity index (χ2v) is 4.93. The minimum absolute atomic E-state index is 0.444. The summed E-state index contributed by atoms with van der Waals surface area (Å²) in [6.07, 6.45) is -6.37. The van der Waals surface area contributed by atoms with Crippen LogP contribution in [0.25, 0.3) is 0 Å². The molecule has 1 fully saturated rings. The number of ether oxygens (including phenoxy) is 2. The number of rotatable bonds is 4. The van der Waals surface area contributed by atoms with Gasteiger partial charge in [-0.15, -0.1) is 0 Å². The zero-order valence-corrected chi connectivity index (χ0v) is 11.6. The van der Waals surface area contributed by atoms with Gasteiger partial charge < -0.3 is 29.9 Å². The van der Waals surface area contributed by atoms with Gasteiger partial charge in [-0.05, 0) is 17.7 Å². The van der Waals surface area contributed by atoms with Crippen molar-refractivity contribution >= 4 is 12.6 Å². The van der Waals surface area contributed by atoms with Gasteiger partial charge in [-0.25, -0.2) is 0 Å². The highest BCUT2D eigenvalue weighted by molar-refractivity contribution is 7.79. The molecule has 1 heterocycles. The molecule has 0 aliphatic carbocycles. The fourth-order valence-electron chi connectivity index (χ4n) is 1.97. The summed E-state index contributed by atoms with van der Waals surface area (Å²) in [6.45, 7) is -0.483. The van der Waals surface area contributed by atoms with Gasteiger partial charge >= 0.3 is 0 Å². The summed E-state index contributed by atoms with van der Waals surface area (Å²) in [7, 11) is 0. The van der Waals surface area contributed by atoms with Crippen molar-refractivity contribution in [2.75, 3.05) is 6.61 Å². The minimum Gasteiger partial charge on any atom is -0.462 e. The van der Waals surface area contributed by atoms with Gasteiger partial charge in [0.1, 0.15) is 30.2 Å². The van der Waals surface area contributed by atoms with Gasteiger partial charge in [0.25, 0.3) is 0 Å². The third kappa shape index (κ3) is 3.25. The summed E-state index contributed by atoms with van der Waals surface area (Å²) in [5, 5.41) is 38.2. The molecule has 5 atom stereocenters. The number of benzene rings is 1. The Morgan fingerprint density at radius 3 is 2.25 bits per heavy atom. The SMILES string of the molecule is OCC1OC(Oc2ccc(CS)cc2)C(O)C(O)C1O. The molecule has 0 spiro atoms. The van der Waals surface area contributed by atoms with E-state index in [1.54, 1.807) is 12.1 Å². The second-order valence-electron chi connectivity index (χ2n) is 4.62. The van der Waals surface area contributed by atoms with E-state index in [0.717, 1.165) is 5.56 Å². The molecule has 1 aromatic carbocycles. The number of hydrogen-bond acceptors (Lipinski definition) is 7. The minimum atomic E-state index is -1.44. The summed E-state index contributed by atoms with van der Waals surface area (Å²) >= 11 is 4.14. The topological polar surface area (TPSA) is 99.4 Å². The lowest BCUT2D eigenvalue weighted by molar-refractivity contribution is -0.277. The first kappa shape index (κ1) is 15.6. The maximum Gasteiger partial charge on any atom is 0.229 e. The Balaban J connectivity index is 2.06. The standard InChI is InChI=1S/C13H18O6S/c14-5-9-10(15)11(16)12(17)13(19-9)18-8-3-1-7(6-20)2-4-8/h1-4,9-17,20H,5-6H2. The van der Waals surface area contributed by atoms with Crippen LogP contribution in [0, 0.1) is 0 Å². The highest BCUT2D eigenvalue weighted by Crippen LogP contribution is 2.24. The van der Waals surface area contributed by atoms with Crippen LogP contribution in [0.2, 0.25) is 0 Å². The average molecular weight is 302 g/mol. The predicted octanol–water partition coefficient (Wildman–Crippen LogP) is -0.705.